The van der Waals surface area contributed by atoms with Crippen LogP contribution in [0.5, 0.6) is 0 Å². The van der Waals surface area contributed by atoms with Crippen LogP contribution in [0.4, 0.5) is 0 Å². The molecule has 0 amide bonds. The molecule has 0 aromatic heterocycles. The zero-order valence-corrected chi connectivity index (χ0v) is 11.3. The lowest BCUT2D eigenvalue weighted by Crippen LogP contribution is -2.42. The van der Waals surface area contributed by atoms with E-state index >= 15 is 0 Å². The largest absolute Gasteiger partial charge is 0.303 e. The van der Waals surface area contributed by atoms with Crippen LogP contribution in [0.1, 0.15) is 12.8 Å². The second-order valence-electron chi connectivity index (χ2n) is 4.34. The second-order valence-corrected chi connectivity index (χ2v) is 8.69. The summed E-state index contributed by atoms with van der Waals surface area (Å²) in [6, 6.07) is 0. The normalized spacial score (nSPS) is 23.5. The summed E-state index contributed by atoms with van der Waals surface area (Å²) in [4.78, 5) is 10.6. The zero-order chi connectivity index (χ0) is 13.1. The summed E-state index contributed by atoms with van der Waals surface area (Å²) in [7, 11) is -6.85. The Morgan fingerprint density at radius 3 is 2.41 bits per heavy atom. The minimum atomic E-state index is -3.56. The molecule has 1 atom stereocenters. The number of carbonyl (C=O) groups is 1. The standard InChI is InChI=1S/C9H17NO5S2/c1-16(12,13)5-6-17(14,15)10-4-2-3-9(7-10)8-11/h8-9H,2-7H2,1H3. The van der Waals surface area contributed by atoms with Crippen molar-refractivity contribution >= 4 is 26.1 Å². The van der Waals surface area contributed by atoms with Gasteiger partial charge < -0.3 is 4.79 Å². The quantitative estimate of drug-likeness (QED) is 0.621. The van der Waals surface area contributed by atoms with Gasteiger partial charge in [-0.15, -0.1) is 0 Å². The number of sulfone groups is 1. The highest BCUT2D eigenvalue weighted by Crippen LogP contribution is 2.17. The van der Waals surface area contributed by atoms with Crippen LogP contribution in [0.25, 0.3) is 0 Å². The SMILES string of the molecule is CS(=O)(=O)CCS(=O)(=O)N1CCCC(C=O)C1. The van der Waals surface area contributed by atoms with E-state index in [1.54, 1.807) is 0 Å². The highest BCUT2D eigenvalue weighted by atomic mass is 32.2. The third-order valence-corrected chi connectivity index (χ3v) is 5.76. The van der Waals surface area contributed by atoms with Gasteiger partial charge in [0.25, 0.3) is 0 Å². The molecule has 100 valence electrons. The fourth-order valence-corrected chi connectivity index (χ4v) is 4.86. The summed E-state index contributed by atoms with van der Waals surface area (Å²) in [5, 5.41) is 0. The number of aldehydes is 1. The second kappa shape index (κ2) is 5.45. The Bertz CT molecular complexity index is 468. The van der Waals surface area contributed by atoms with Gasteiger partial charge in [-0.1, -0.05) is 0 Å². The molecular formula is C9H17NO5S2. The topological polar surface area (TPSA) is 88.6 Å². The molecule has 1 fully saturated rings. The molecule has 0 aliphatic carbocycles. The van der Waals surface area contributed by atoms with Gasteiger partial charge in [0.1, 0.15) is 16.1 Å². The smallest absolute Gasteiger partial charge is 0.215 e. The van der Waals surface area contributed by atoms with E-state index in [2.05, 4.69) is 0 Å². The summed E-state index contributed by atoms with van der Waals surface area (Å²) in [5.74, 6) is -1.05. The number of rotatable bonds is 5. The third-order valence-electron chi connectivity index (χ3n) is 2.72. The fourth-order valence-electron chi connectivity index (χ4n) is 1.72. The van der Waals surface area contributed by atoms with E-state index in [1.807, 2.05) is 0 Å². The number of carbonyl (C=O) groups excluding carboxylic acids is 1. The van der Waals surface area contributed by atoms with Crippen molar-refractivity contribution in [1.29, 1.82) is 0 Å². The molecule has 1 aliphatic rings. The first kappa shape index (κ1) is 14.6. The van der Waals surface area contributed by atoms with Crippen molar-refractivity contribution in [3.05, 3.63) is 0 Å². The Kier molecular flexibility index (Phi) is 4.68. The van der Waals surface area contributed by atoms with Crippen molar-refractivity contribution in [1.82, 2.24) is 4.31 Å². The number of sulfonamides is 1. The first-order chi connectivity index (χ1) is 7.74. The molecule has 0 saturated carbocycles. The van der Waals surface area contributed by atoms with Crippen molar-refractivity contribution in [3.63, 3.8) is 0 Å². The molecule has 1 saturated heterocycles. The van der Waals surface area contributed by atoms with E-state index in [0.717, 1.165) is 12.5 Å². The van der Waals surface area contributed by atoms with E-state index in [0.29, 0.717) is 19.4 Å². The lowest BCUT2D eigenvalue weighted by molar-refractivity contribution is -0.112. The van der Waals surface area contributed by atoms with E-state index in [-0.39, 0.29) is 18.2 Å². The summed E-state index contributed by atoms with van der Waals surface area (Å²) < 4.78 is 46.8. The molecular weight excluding hydrogens is 266 g/mol. The predicted octanol–water partition coefficient (Wildman–Crippen LogP) is -0.728. The minimum absolute atomic E-state index is 0.176. The van der Waals surface area contributed by atoms with Crippen LogP contribution in [-0.4, -0.2) is 58.3 Å². The summed E-state index contributed by atoms with van der Waals surface area (Å²) in [5.41, 5.74) is 0. The first-order valence-electron chi connectivity index (χ1n) is 5.35. The van der Waals surface area contributed by atoms with Crippen LogP contribution in [0.3, 0.4) is 0 Å². The molecule has 0 spiro atoms. The van der Waals surface area contributed by atoms with E-state index in [9.17, 15) is 21.6 Å². The molecule has 1 unspecified atom stereocenters. The van der Waals surface area contributed by atoms with E-state index in [4.69, 9.17) is 0 Å². The highest BCUT2D eigenvalue weighted by Gasteiger charge is 2.29. The van der Waals surface area contributed by atoms with Crippen LogP contribution in [0, 0.1) is 5.92 Å². The first-order valence-corrected chi connectivity index (χ1v) is 9.02. The van der Waals surface area contributed by atoms with Gasteiger partial charge in [-0.05, 0) is 12.8 Å². The van der Waals surface area contributed by atoms with Crippen LogP contribution in [0.15, 0.2) is 0 Å². The number of hydrogen-bond acceptors (Lipinski definition) is 5. The maximum atomic E-state index is 11.8. The molecule has 6 nitrogen and oxygen atoms in total. The van der Waals surface area contributed by atoms with Gasteiger partial charge in [-0.3, -0.25) is 0 Å². The van der Waals surface area contributed by atoms with Crippen molar-refractivity contribution < 1.29 is 21.6 Å². The monoisotopic (exact) mass is 283 g/mol. The van der Waals surface area contributed by atoms with Gasteiger partial charge in [-0.25, -0.2) is 21.1 Å². The van der Waals surface area contributed by atoms with Crippen molar-refractivity contribution in [2.75, 3.05) is 30.9 Å². The van der Waals surface area contributed by atoms with Crippen LogP contribution >= 0.6 is 0 Å². The Labute approximate surface area is 102 Å². The molecule has 0 bridgehead atoms. The molecule has 1 rings (SSSR count). The number of nitrogens with zero attached hydrogens (tertiary/aromatic N) is 1. The van der Waals surface area contributed by atoms with Crippen molar-refractivity contribution in [2.45, 2.75) is 12.8 Å². The van der Waals surface area contributed by atoms with Gasteiger partial charge in [0.2, 0.25) is 10.0 Å². The minimum Gasteiger partial charge on any atom is -0.303 e. The van der Waals surface area contributed by atoms with Crippen LogP contribution in [-0.2, 0) is 24.7 Å². The predicted molar refractivity (Wildman–Crippen MR) is 63.9 cm³/mol. The Hall–Kier alpha value is -0.470. The number of hydrogen-bond donors (Lipinski definition) is 0. The van der Waals surface area contributed by atoms with Gasteiger partial charge in [0.05, 0.1) is 11.5 Å². The Balaban J connectivity index is 2.67. The lowest BCUT2D eigenvalue weighted by atomic mass is 10.0. The highest BCUT2D eigenvalue weighted by molar-refractivity contribution is 7.93. The molecule has 0 N–H and O–H groups in total. The summed E-state index contributed by atoms with van der Waals surface area (Å²) in [6.07, 6.45) is 3.11. The molecule has 17 heavy (non-hydrogen) atoms. The van der Waals surface area contributed by atoms with Crippen molar-refractivity contribution in [3.8, 4) is 0 Å². The average molecular weight is 283 g/mol. The third kappa shape index (κ3) is 4.72. The molecule has 0 aromatic carbocycles. The Morgan fingerprint density at radius 1 is 1.24 bits per heavy atom. The van der Waals surface area contributed by atoms with E-state index in [1.165, 1.54) is 4.31 Å². The zero-order valence-electron chi connectivity index (χ0n) is 9.70. The van der Waals surface area contributed by atoms with Gasteiger partial charge in [-0.2, -0.15) is 0 Å². The molecule has 8 heteroatoms. The fraction of sp³-hybridized carbons (Fsp3) is 0.889. The molecule has 1 aliphatic heterocycles. The van der Waals surface area contributed by atoms with Gasteiger partial charge in [0, 0.05) is 25.3 Å². The van der Waals surface area contributed by atoms with Gasteiger partial charge >= 0.3 is 0 Å². The van der Waals surface area contributed by atoms with Crippen molar-refractivity contribution in [2.24, 2.45) is 5.92 Å². The summed E-state index contributed by atoms with van der Waals surface area (Å²) in [6.45, 7) is 0.548. The van der Waals surface area contributed by atoms with E-state index < -0.39 is 25.6 Å². The Morgan fingerprint density at radius 2 is 1.88 bits per heavy atom. The van der Waals surface area contributed by atoms with Gasteiger partial charge in [0.15, 0.2) is 0 Å². The maximum absolute atomic E-state index is 11.8. The van der Waals surface area contributed by atoms with Crippen LogP contribution in [0.2, 0.25) is 0 Å². The molecule has 1 heterocycles. The lowest BCUT2D eigenvalue weighted by Gasteiger charge is -2.29. The maximum Gasteiger partial charge on any atom is 0.215 e. The number of piperidine rings is 1. The summed E-state index contributed by atoms with van der Waals surface area (Å²) >= 11 is 0. The van der Waals surface area contributed by atoms with Crippen LogP contribution < -0.4 is 0 Å². The molecule has 0 radical (unpaired) electrons. The molecule has 0 aromatic rings. The average Bonchev–Trinajstić information content (AvgIpc) is 2.26.